The summed E-state index contributed by atoms with van der Waals surface area (Å²) < 4.78 is 7.27. The van der Waals surface area contributed by atoms with Gasteiger partial charge in [0.2, 0.25) is 0 Å². The van der Waals surface area contributed by atoms with Gasteiger partial charge in [-0.25, -0.2) is 0 Å². The van der Waals surface area contributed by atoms with Crippen LogP contribution in [-0.2, 0) is 6.54 Å². The van der Waals surface area contributed by atoms with Crippen LogP contribution in [0.4, 0.5) is 0 Å². The molecule has 1 aliphatic heterocycles. The van der Waals surface area contributed by atoms with Crippen molar-refractivity contribution in [1.82, 2.24) is 14.7 Å². The molecule has 2 aromatic rings. The van der Waals surface area contributed by atoms with Crippen molar-refractivity contribution in [2.24, 2.45) is 0 Å². The van der Waals surface area contributed by atoms with Crippen molar-refractivity contribution in [3.8, 4) is 0 Å². The first-order valence-electron chi connectivity index (χ1n) is 7.50. The van der Waals surface area contributed by atoms with Gasteiger partial charge < -0.3 is 9.32 Å². The second kappa shape index (κ2) is 5.76. The smallest absolute Gasteiger partial charge is 0.289 e. The van der Waals surface area contributed by atoms with E-state index in [1.54, 1.807) is 18.4 Å². The van der Waals surface area contributed by atoms with Crippen molar-refractivity contribution >= 4 is 5.91 Å². The quantitative estimate of drug-likeness (QED) is 0.872. The second-order valence-corrected chi connectivity index (χ2v) is 5.73. The lowest BCUT2D eigenvalue weighted by molar-refractivity contribution is 0.0550. The number of furan rings is 1. The van der Waals surface area contributed by atoms with Crippen molar-refractivity contribution < 1.29 is 9.21 Å². The van der Waals surface area contributed by atoms with Crippen LogP contribution in [-0.4, -0.2) is 33.2 Å². The summed E-state index contributed by atoms with van der Waals surface area (Å²) in [7, 11) is 0. The third-order valence-electron chi connectivity index (χ3n) is 4.11. The van der Waals surface area contributed by atoms with Gasteiger partial charge in [0.05, 0.1) is 24.5 Å². The third-order valence-corrected chi connectivity index (χ3v) is 4.11. The summed E-state index contributed by atoms with van der Waals surface area (Å²) >= 11 is 0. The van der Waals surface area contributed by atoms with Gasteiger partial charge in [-0.05, 0) is 51.3 Å². The largest absolute Gasteiger partial charge is 0.459 e. The summed E-state index contributed by atoms with van der Waals surface area (Å²) in [6.45, 7) is 5.60. The Morgan fingerprint density at radius 1 is 1.43 bits per heavy atom. The maximum Gasteiger partial charge on any atom is 0.289 e. The highest BCUT2D eigenvalue weighted by Crippen LogP contribution is 2.21. The zero-order valence-electron chi connectivity index (χ0n) is 12.6. The number of piperidine rings is 1. The summed E-state index contributed by atoms with van der Waals surface area (Å²) in [6, 6.07) is 5.75. The van der Waals surface area contributed by atoms with Crippen LogP contribution in [0.15, 0.2) is 28.9 Å². The van der Waals surface area contributed by atoms with Gasteiger partial charge >= 0.3 is 0 Å². The number of hydrogen-bond acceptors (Lipinski definition) is 3. The van der Waals surface area contributed by atoms with E-state index in [1.165, 1.54) is 0 Å². The summed E-state index contributed by atoms with van der Waals surface area (Å²) in [5, 5.41) is 4.52. The highest BCUT2D eigenvalue weighted by Gasteiger charge is 2.29. The van der Waals surface area contributed by atoms with Crippen molar-refractivity contribution in [2.45, 2.75) is 45.7 Å². The van der Waals surface area contributed by atoms with Crippen molar-refractivity contribution in [3.63, 3.8) is 0 Å². The van der Waals surface area contributed by atoms with E-state index in [9.17, 15) is 4.79 Å². The third kappa shape index (κ3) is 2.86. The average molecular weight is 287 g/mol. The molecule has 112 valence electrons. The van der Waals surface area contributed by atoms with E-state index >= 15 is 0 Å². The van der Waals surface area contributed by atoms with Crippen molar-refractivity contribution in [3.05, 3.63) is 41.6 Å². The molecule has 2 aromatic heterocycles. The van der Waals surface area contributed by atoms with E-state index in [4.69, 9.17) is 4.42 Å². The minimum absolute atomic E-state index is 0.00812. The maximum absolute atomic E-state index is 12.6. The minimum atomic E-state index is -0.00812. The van der Waals surface area contributed by atoms with Crippen LogP contribution in [0.25, 0.3) is 0 Å². The molecule has 0 unspecified atom stereocenters. The fourth-order valence-electron chi connectivity index (χ4n) is 3.06. The monoisotopic (exact) mass is 287 g/mol. The highest BCUT2D eigenvalue weighted by molar-refractivity contribution is 5.91. The standard InChI is InChI=1S/C16H21N3O2/c1-12-10-13(2)19(17-12)11-14-6-3-4-8-18(14)16(20)15-7-5-9-21-15/h5,7,9-10,14H,3-4,6,8,11H2,1-2H3/t14-/m0/s1. The van der Waals surface area contributed by atoms with Gasteiger partial charge in [-0.2, -0.15) is 5.10 Å². The van der Waals surface area contributed by atoms with E-state index in [0.29, 0.717) is 5.76 Å². The predicted octanol–water partition coefficient (Wildman–Crippen LogP) is 2.79. The number of aromatic nitrogens is 2. The van der Waals surface area contributed by atoms with E-state index in [1.807, 2.05) is 16.5 Å². The highest BCUT2D eigenvalue weighted by atomic mass is 16.3. The molecule has 0 radical (unpaired) electrons. The van der Waals surface area contributed by atoms with Crippen LogP contribution in [0.5, 0.6) is 0 Å². The Hall–Kier alpha value is -2.04. The number of hydrogen-bond donors (Lipinski definition) is 0. The number of likely N-dealkylation sites (tertiary alicyclic amines) is 1. The molecule has 3 heterocycles. The van der Waals surface area contributed by atoms with Gasteiger partial charge in [0.25, 0.3) is 5.91 Å². The van der Waals surface area contributed by atoms with Gasteiger partial charge in [-0.1, -0.05) is 0 Å². The number of aryl methyl sites for hydroxylation is 2. The summed E-state index contributed by atoms with van der Waals surface area (Å²) in [5.74, 6) is 0.418. The van der Waals surface area contributed by atoms with Crippen molar-refractivity contribution in [2.75, 3.05) is 6.54 Å². The van der Waals surface area contributed by atoms with Crippen LogP contribution >= 0.6 is 0 Å². The Morgan fingerprint density at radius 2 is 2.29 bits per heavy atom. The zero-order chi connectivity index (χ0) is 14.8. The molecule has 0 spiro atoms. The minimum Gasteiger partial charge on any atom is -0.459 e. The molecule has 0 aromatic carbocycles. The summed E-state index contributed by atoms with van der Waals surface area (Å²) in [4.78, 5) is 14.5. The molecule has 0 saturated carbocycles. The molecular weight excluding hydrogens is 266 g/mol. The van der Waals surface area contributed by atoms with Gasteiger partial charge in [0.15, 0.2) is 5.76 Å². The molecule has 0 N–H and O–H groups in total. The molecule has 1 saturated heterocycles. The Labute approximate surface area is 124 Å². The van der Waals surface area contributed by atoms with Gasteiger partial charge in [0.1, 0.15) is 0 Å². The Bertz CT molecular complexity index is 616. The van der Waals surface area contributed by atoms with E-state index in [2.05, 4.69) is 18.1 Å². The fraction of sp³-hybridized carbons (Fsp3) is 0.500. The Morgan fingerprint density at radius 3 is 2.95 bits per heavy atom. The molecule has 5 nitrogen and oxygen atoms in total. The first kappa shape index (κ1) is 13.9. The molecule has 1 aliphatic rings. The fourth-order valence-corrected chi connectivity index (χ4v) is 3.06. The Kier molecular flexibility index (Phi) is 3.82. The van der Waals surface area contributed by atoms with Crippen LogP contribution < -0.4 is 0 Å². The first-order chi connectivity index (χ1) is 10.1. The van der Waals surface area contributed by atoms with E-state index in [-0.39, 0.29) is 11.9 Å². The van der Waals surface area contributed by atoms with E-state index in [0.717, 1.165) is 43.7 Å². The molecule has 21 heavy (non-hydrogen) atoms. The maximum atomic E-state index is 12.6. The topological polar surface area (TPSA) is 51.3 Å². The van der Waals surface area contributed by atoms with Crippen LogP contribution in [0.2, 0.25) is 0 Å². The molecule has 3 rings (SSSR count). The summed E-state index contributed by atoms with van der Waals surface area (Å²) in [5.41, 5.74) is 2.16. The molecular formula is C16H21N3O2. The number of carbonyl (C=O) groups is 1. The van der Waals surface area contributed by atoms with Gasteiger partial charge in [-0.15, -0.1) is 0 Å². The van der Waals surface area contributed by atoms with Crippen LogP contribution in [0.1, 0.15) is 41.2 Å². The second-order valence-electron chi connectivity index (χ2n) is 5.73. The van der Waals surface area contributed by atoms with Gasteiger partial charge in [-0.3, -0.25) is 9.48 Å². The lowest BCUT2D eigenvalue weighted by atomic mass is 10.0. The predicted molar refractivity (Wildman–Crippen MR) is 79.1 cm³/mol. The lowest BCUT2D eigenvalue weighted by Crippen LogP contribution is -2.46. The zero-order valence-corrected chi connectivity index (χ0v) is 12.6. The van der Waals surface area contributed by atoms with Gasteiger partial charge in [0, 0.05) is 12.2 Å². The SMILES string of the molecule is Cc1cc(C)n(C[C@@H]2CCCCN2C(=O)c2ccco2)n1. The normalized spacial score (nSPS) is 19.0. The molecule has 0 bridgehead atoms. The number of nitrogens with zero attached hydrogens (tertiary/aromatic N) is 3. The number of rotatable bonds is 3. The molecule has 0 aliphatic carbocycles. The molecule has 5 heteroatoms. The van der Waals surface area contributed by atoms with E-state index < -0.39 is 0 Å². The number of amides is 1. The molecule has 1 atom stereocenters. The average Bonchev–Trinajstić information content (AvgIpc) is 3.09. The number of carbonyl (C=O) groups excluding carboxylic acids is 1. The van der Waals surface area contributed by atoms with Crippen LogP contribution in [0, 0.1) is 13.8 Å². The van der Waals surface area contributed by atoms with Crippen molar-refractivity contribution in [1.29, 1.82) is 0 Å². The molecule has 1 fully saturated rings. The summed E-state index contributed by atoms with van der Waals surface area (Å²) in [6.07, 6.45) is 4.78. The van der Waals surface area contributed by atoms with Crippen LogP contribution in [0.3, 0.4) is 0 Å². The first-order valence-corrected chi connectivity index (χ1v) is 7.50. The Balaban J connectivity index is 1.78. The lowest BCUT2D eigenvalue weighted by Gasteiger charge is -2.35. The molecule has 1 amide bonds.